The minimum atomic E-state index is -0.432. The number of ether oxygens (including phenoxy) is 1. The Kier molecular flexibility index (Phi) is 5.17. The first-order chi connectivity index (χ1) is 8.52. The Morgan fingerprint density at radius 3 is 2.72 bits per heavy atom. The van der Waals surface area contributed by atoms with Crippen LogP contribution in [0.15, 0.2) is 24.3 Å². The van der Waals surface area contributed by atoms with E-state index < -0.39 is 5.97 Å². The molecule has 0 atom stereocenters. The molecular weight excluding hydrogens is 232 g/mol. The van der Waals surface area contributed by atoms with Gasteiger partial charge in [0.15, 0.2) is 6.61 Å². The number of amides is 1. The summed E-state index contributed by atoms with van der Waals surface area (Å²) >= 11 is 0. The Balaban J connectivity index is 2.41. The first-order valence-corrected chi connectivity index (χ1v) is 5.77. The molecule has 0 aliphatic carbocycles. The molecule has 0 aromatic heterocycles. The summed E-state index contributed by atoms with van der Waals surface area (Å²) in [5.41, 5.74) is 6.97. The van der Waals surface area contributed by atoms with Crippen LogP contribution in [-0.2, 0) is 20.7 Å². The summed E-state index contributed by atoms with van der Waals surface area (Å²) in [6.45, 7) is 2.23. The van der Waals surface area contributed by atoms with Crippen molar-refractivity contribution in [3.63, 3.8) is 0 Å². The number of carbonyl (C=O) groups excluding carboxylic acids is 2. The van der Waals surface area contributed by atoms with Crippen LogP contribution in [0.2, 0.25) is 0 Å². The van der Waals surface area contributed by atoms with Gasteiger partial charge >= 0.3 is 5.97 Å². The molecular formula is C13H18N2O3. The highest BCUT2D eigenvalue weighted by Crippen LogP contribution is 2.07. The number of rotatable bonds is 5. The van der Waals surface area contributed by atoms with Crippen LogP contribution in [0.5, 0.6) is 0 Å². The summed E-state index contributed by atoms with van der Waals surface area (Å²) in [4.78, 5) is 24.4. The Labute approximate surface area is 107 Å². The molecule has 0 spiro atoms. The molecule has 0 radical (unpaired) electrons. The van der Waals surface area contributed by atoms with E-state index in [-0.39, 0.29) is 18.9 Å². The maximum Gasteiger partial charge on any atom is 0.310 e. The predicted octanol–water partition coefficient (Wildman–Crippen LogP) is 0.833. The third kappa shape index (κ3) is 4.45. The van der Waals surface area contributed by atoms with Gasteiger partial charge in [-0.15, -0.1) is 0 Å². The molecule has 0 saturated carbocycles. The zero-order chi connectivity index (χ0) is 13.5. The smallest absolute Gasteiger partial charge is 0.310 e. The lowest BCUT2D eigenvalue weighted by atomic mass is 10.1. The maximum absolute atomic E-state index is 11.5. The highest BCUT2D eigenvalue weighted by molar-refractivity contribution is 5.81. The molecule has 0 unspecified atom stereocenters. The molecule has 0 heterocycles. The fraction of sp³-hybridized carbons (Fsp3) is 0.385. The van der Waals surface area contributed by atoms with Crippen LogP contribution < -0.4 is 5.73 Å². The van der Waals surface area contributed by atoms with Crippen molar-refractivity contribution in [2.45, 2.75) is 13.3 Å². The van der Waals surface area contributed by atoms with Crippen molar-refractivity contribution in [1.29, 1.82) is 0 Å². The van der Waals surface area contributed by atoms with Gasteiger partial charge in [-0.1, -0.05) is 12.1 Å². The van der Waals surface area contributed by atoms with Crippen LogP contribution in [0.3, 0.4) is 0 Å². The number of hydrogen-bond donors (Lipinski definition) is 1. The van der Waals surface area contributed by atoms with Crippen molar-refractivity contribution >= 4 is 17.6 Å². The van der Waals surface area contributed by atoms with E-state index in [1.165, 1.54) is 4.90 Å². The average Bonchev–Trinajstić information content (AvgIpc) is 2.35. The summed E-state index contributed by atoms with van der Waals surface area (Å²) in [6, 6.07) is 7.02. The van der Waals surface area contributed by atoms with Crippen molar-refractivity contribution in [2.24, 2.45) is 0 Å². The summed E-state index contributed by atoms with van der Waals surface area (Å²) in [5, 5.41) is 0. The second-order valence-corrected chi connectivity index (χ2v) is 3.99. The molecule has 2 N–H and O–H groups in total. The minimum Gasteiger partial charge on any atom is -0.455 e. The van der Waals surface area contributed by atoms with E-state index in [9.17, 15) is 9.59 Å². The summed E-state index contributed by atoms with van der Waals surface area (Å²) in [6.07, 6.45) is 0.119. The van der Waals surface area contributed by atoms with Crippen molar-refractivity contribution in [2.75, 3.05) is 25.9 Å². The van der Waals surface area contributed by atoms with Crippen LogP contribution in [0.1, 0.15) is 12.5 Å². The zero-order valence-electron chi connectivity index (χ0n) is 10.7. The van der Waals surface area contributed by atoms with E-state index in [1.54, 1.807) is 31.3 Å². The molecule has 0 bridgehead atoms. The number of hydrogen-bond acceptors (Lipinski definition) is 4. The number of likely N-dealkylation sites (N-methyl/N-ethyl adjacent to an activating group) is 1. The lowest BCUT2D eigenvalue weighted by molar-refractivity contribution is -0.150. The summed E-state index contributed by atoms with van der Waals surface area (Å²) in [5.74, 6) is -0.642. The molecule has 5 heteroatoms. The Morgan fingerprint density at radius 2 is 2.11 bits per heavy atom. The first kappa shape index (κ1) is 14.0. The molecule has 5 nitrogen and oxygen atoms in total. The minimum absolute atomic E-state index is 0.119. The number of nitrogens with two attached hydrogens (primary N) is 1. The highest BCUT2D eigenvalue weighted by atomic mass is 16.5. The van der Waals surface area contributed by atoms with E-state index in [1.807, 2.05) is 6.92 Å². The molecule has 98 valence electrons. The summed E-state index contributed by atoms with van der Waals surface area (Å²) < 4.78 is 4.90. The lowest BCUT2D eigenvalue weighted by Crippen LogP contribution is -2.31. The first-order valence-electron chi connectivity index (χ1n) is 5.77. The fourth-order valence-electron chi connectivity index (χ4n) is 1.35. The Hall–Kier alpha value is -2.04. The van der Waals surface area contributed by atoms with Crippen LogP contribution in [-0.4, -0.2) is 37.0 Å². The Bertz CT molecular complexity index is 432. The molecule has 1 aromatic carbocycles. The van der Waals surface area contributed by atoms with Crippen LogP contribution >= 0.6 is 0 Å². The SMILES string of the molecule is CCN(C)C(=O)COC(=O)Cc1cccc(N)c1. The molecule has 1 rings (SSSR count). The zero-order valence-corrected chi connectivity index (χ0v) is 10.7. The number of anilines is 1. The molecule has 18 heavy (non-hydrogen) atoms. The number of esters is 1. The van der Waals surface area contributed by atoms with Crippen LogP contribution in [0.25, 0.3) is 0 Å². The van der Waals surface area contributed by atoms with Gasteiger partial charge in [-0.2, -0.15) is 0 Å². The van der Waals surface area contributed by atoms with Gasteiger partial charge in [-0.05, 0) is 24.6 Å². The number of carbonyl (C=O) groups is 2. The third-order valence-corrected chi connectivity index (χ3v) is 2.56. The fourth-order valence-corrected chi connectivity index (χ4v) is 1.35. The van der Waals surface area contributed by atoms with Gasteiger partial charge in [0.1, 0.15) is 0 Å². The largest absolute Gasteiger partial charge is 0.455 e. The van der Waals surface area contributed by atoms with Gasteiger partial charge in [0.05, 0.1) is 6.42 Å². The molecule has 0 fully saturated rings. The van der Waals surface area contributed by atoms with E-state index in [4.69, 9.17) is 10.5 Å². The van der Waals surface area contributed by atoms with Crippen molar-refractivity contribution < 1.29 is 14.3 Å². The third-order valence-electron chi connectivity index (χ3n) is 2.56. The molecule has 1 aromatic rings. The number of nitrogen functional groups attached to an aromatic ring is 1. The second-order valence-electron chi connectivity index (χ2n) is 3.99. The van der Waals surface area contributed by atoms with E-state index >= 15 is 0 Å². The van der Waals surface area contributed by atoms with Gasteiger partial charge in [-0.3, -0.25) is 9.59 Å². The topological polar surface area (TPSA) is 72.6 Å². The van der Waals surface area contributed by atoms with Crippen molar-refractivity contribution in [3.8, 4) is 0 Å². The van der Waals surface area contributed by atoms with Crippen molar-refractivity contribution in [1.82, 2.24) is 4.90 Å². The van der Waals surface area contributed by atoms with Crippen LogP contribution in [0, 0.1) is 0 Å². The Morgan fingerprint density at radius 1 is 1.39 bits per heavy atom. The maximum atomic E-state index is 11.5. The highest BCUT2D eigenvalue weighted by Gasteiger charge is 2.11. The molecule has 1 amide bonds. The monoisotopic (exact) mass is 250 g/mol. The van der Waals surface area contributed by atoms with E-state index in [2.05, 4.69) is 0 Å². The quantitative estimate of drug-likeness (QED) is 0.620. The van der Waals surface area contributed by atoms with Crippen molar-refractivity contribution in [3.05, 3.63) is 29.8 Å². The molecule has 0 aliphatic rings. The van der Waals surface area contributed by atoms with Gasteiger partial charge in [0.25, 0.3) is 5.91 Å². The van der Waals surface area contributed by atoms with E-state index in [0.29, 0.717) is 12.2 Å². The van der Waals surface area contributed by atoms with Gasteiger partial charge in [0.2, 0.25) is 0 Å². The van der Waals surface area contributed by atoms with Crippen LogP contribution in [0.4, 0.5) is 5.69 Å². The van der Waals surface area contributed by atoms with Gasteiger partial charge in [0, 0.05) is 19.3 Å². The van der Waals surface area contributed by atoms with Gasteiger partial charge < -0.3 is 15.4 Å². The normalized spacial score (nSPS) is 9.89. The number of benzene rings is 1. The molecule has 0 aliphatic heterocycles. The molecule has 0 saturated heterocycles. The standard InChI is InChI=1S/C13H18N2O3/c1-3-15(2)12(16)9-18-13(17)8-10-5-4-6-11(14)7-10/h4-7H,3,8-9,14H2,1-2H3. The number of nitrogens with zero attached hydrogens (tertiary/aromatic N) is 1. The van der Waals surface area contributed by atoms with Gasteiger partial charge in [-0.25, -0.2) is 0 Å². The van der Waals surface area contributed by atoms with E-state index in [0.717, 1.165) is 5.56 Å². The average molecular weight is 250 g/mol. The summed E-state index contributed by atoms with van der Waals surface area (Å²) in [7, 11) is 1.66. The lowest BCUT2D eigenvalue weighted by Gasteiger charge is -2.14. The second kappa shape index (κ2) is 6.64. The predicted molar refractivity (Wildman–Crippen MR) is 68.8 cm³/mol.